The normalized spacial score (nSPS) is 22.6. The standard InChI is InChI=1S/C6H9N5/c1-4-2-5-10-8-3-11(5)6(7)9-4/h3-4H,2H2,1H3,(H2,7,9). The molecule has 1 aromatic heterocycles. The quantitative estimate of drug-likeness (QED) is 0.537. The largest absolute Gasteiger partial charge is 0.369 e. The Labute approximate surface area is 63.9 Å². The van der Waals surface area contributed by atoms with Gasteiger partial charge in [0.15, 0.2) is 0 Å². The van der Waals surface area contributed by atoms with Gasteiger partial charge in [-0.15, -0.1) is 10.2 Å². The molecule has 58 valence electrons. The monoisotopic (exact) mass is 151 g/mol. The van der Waals surface area contributed by atoms with Crippen LogP contribution in [0.15, 0.2) is 11.3 Å². The van der Waals surface area contributed by atoms with Crippen molar-refractivity contribution in [2.45, 2.75) is 19.4 Å². The Kier molecular flexibility index (Phi) is 1.18. The number of hydrogen-bond donors (Lipinski definition) is 1. The second-order valence-corrected chi connectivity index (χ2v) is 2.66. The van der Waals surface area contributed by atoms with Crippen molar-refractivity contribution >= 4 is 5.96 Å². The first-order valence-electron chi connectivity index (χ1n) is 3.50. The highest BCUT2D eigenvalue weighted by Crippen LogP contribution is 2.07. The van der Waals surface area contributed by atoms with Gasteiger partial charge >= 0.3 is 0 Å². The Morgan fingerprint density at radius 2 is 2.55 bits per heavy atom. The molecule has 1 aromatic rings. The number of nitrogens with zero attached hydrogens (tertiary/aromatic N) is 4. The second kappa shape index (κ2) is 2.05. The van der Waals surface area contributed by atoms with Gasteiger partial charge in [-0.3, -0.25) is 4.57 Å². The van der Waals surface area contributed by atoms with Crippen molar-refractivity contribution in [2.24, 2.45) is 10.7 Å². The summed E-state index contributed by atoms with van der Waals surface area (Å²) in [6.07, 6.45) is 2.40. The smallest absolute Gasteiger partial charge is 0.202 e. The molecule has 2 heterocycles. The molecule has 5 heteroatoms. The van der Waals surface area contributed by atoms with E-state index in [0.717, 1.165) is 12.2 Å². The summed E-state index contributed by atoms with van der Waals surface area (Å²) in [7, 11) is 0. The third-order valence-electron chi connectivity index (χ3n) is 1.70. The molecule has 1 aliphatic rings. The topological polar surface area (TPSA) is 69.1 Å². The van der Waals surface area contributed by atoms with Crippen LogP contribution in [0, 0.1) is 0 Å². The third-order valence-corrected chi connectivity index (χ3v) is 1.70. The Bertz CT molecular complexity index is 300. The molecule has 2 N–H and O–H groups in total. The molecule has 0 bridgehead atoms. The molecule has 0 saturated heterocycles. The van der Waals surface area contributed by atoms with Crippen LogP contribution in [0.5, 0.6) is 0 Å². The average Bonchev–Trinajstić information content (AvgIpc) is 2.34. The lowest BCUT2D eigenvalue weighted by Crippen LogP contribution is -2.31. The molecule has 0 aliphatic carbocycles. The van der Waals surface area contributed by atoms with Crippen LogP contribution in [0.25, 0.3) is 0 Å². The number of aromatic nitrogens is 3. The SMILES string of the molecule is CC1Cc2nncn2C(N)=N1. The summed E-state index contributed by atoms with van der Waals surface area (Å²) in [4.78, 5) is 4.17. The number of aliphatic imine (C=N–C) groups is 1. The van der Waals surface area contributed by atoms with Crippen LogP contribution < -0.4 is 5.73 Å². The molecule has 2 rings (SSSR count). The lowest BCUT2D eigenvalue weighted by atomic mass is 10.2. The fourth-order valence-corrected chi connectivity index (χ4v) is 1.19. The molecular weight excluding hydrogens is 142 g/mol. The molecule has 0 fully saturated rings. The van der Waals surface area contributed by atoms with Gasteiger partial charge in [-0.25, -0.2) is 4.99 Å². The Morgan fingerprint density at radius 1 is 1.73 bits per heavy atom. The molecule has 0 amide bonds. The predicted octanol–water partition coefficient (Wildman–Crippen LogP) is -0.615. The zero-order valence-corrected chi connectivity index (χ0v) is 6.23. The van der Waals surface area contributed by atoms with E-state index in [-0.39, 0.29) is 6.04 Å². The highest BCUT2D eigenvalue weighted by atomic mass is 15.3. The van der Waals surface area contributed by atoms with Crippen LogP contribution in [0.1, 0.15) is 12.7 Å². The highest BCUT2D eigenvalue weighted by Gasteiger charge is 2.16. The minimum absolute atomic E-state index is 0.228. The van der Waals surface area contributed by atoms with Crippen LogP contribution in [0.4, 0.5) is 0 Å². The summed E-state index contributed by atoms with van der Waals surface area (Å²) in [5.74, 6) is 1.38. The van der Waals surface area contributed by atoms with Gasteiger partial charge in [0.25, 0.3) is 0 Å². The molecule has 11 heavy (non-hydrogen) atoms. The molecule has 1 unspecified atom stereocenters. The van der Waals surface area contributed by atoms with Gasteiger partial charge in [0.2, 0.25) is 5.96 Å². The van der Waals surface area contributed by atoms with Gasteiger partial charge in [-0.05, 0) is 6.92 Å². The average molecular weight is 151 g/mol. The maximum atomic E-state index is 5.61. The van der Waals surface area contributed by atoms with E-state index in [1.807, 2.05) is 6.92 Å². The lowest BCUT2D eigenvalue weighted by Gasteiger charge is -2.14. The van der Waals surface area contributed by atoms with Gasteiger partial charge in [0.1, 0.15) is 12.2 Å². The minimum atomic E-state index is 0.228. The minimum Gasteiger partial charge on any atom is -0.369 e. The van der Waals surface area contributed by atoms with E-state index in [1.165, 1.54) is 0 Å². The first kappa shape index (κ1) is 6.33. The molecule has 0 saturated carbocycles. The van der Waals surface area contributed by atoms with Gasteiger partial charge in [-0.2, -0.15) is 0 Å². The number of nitrogens with two attached hydrogens (primary N) is 1. The predicted molar refractivity (Wildman–Crippen MR) is 40.2 cm³/mol. The Hall–Kier alpha value is -1.39. The van der Waals surface area contributed by atoms with Gasteiger partial charge in [0, 0.05) is 6.42 Å². The molecule has 0 spiro atoms. The van der Waals surface area contributed by atoms with E-state index in [1.54, 1.807) is 10.9 Å². The van der Waals surface area contributed by atoms with Crippen molar-refractivity contribution in [1.82, 2.24) is 14.8 Å². The van der Waals surface area contributed by atoms with Crippen molar-refractivity contribution < 1.29 is 0 Å². The lowest BCUT2D eigenvalue weighted by molar-refractivity contribution is 0.662. The zero-order valence-electron chi connectivity index (χ0n) is 6.23. The summed E-state index contributed by atoms with van der Waals surface area (Å²) in [6, 6.07) is 0.228. The van der Waals surface area contributed by atoms with Crippen LogP contribution in [0.2, 0.25) is 0 Å². The van der Waals surface area contributed by atoms with Gasteiger partial charge in [0.05, 0.1) is 6.04 Å². The molecule has 5 nitrogen and oxygen atoms in total. The summed E-state index contributed by atoms with van der Waals surface area (Å²) >= 11 is 0. The van der Waals surface area contributed by atoms with Crippen molar-refractivity contribution in [2.75, 3.05) is 0 Å². The molecule has 1 aliphatic heterocycles. The van der Waals surface area contributed by atoms with E-state index in [9.17, 15) is 0 Å². The highest BCUT2D eigenvalue weighted by molar-refractivity contribution is 5.81. The van der Waals surface area contributed by atoms with Gasteiger partial charge < -0.3 is 5.73 Å². The van der Waals surface area contributed by atoms with E-state index in [2.05, 4.69) is 15.2 Å². The van der Waals surface area contributed by atoms with E-state index < -0.39 is 0 Å². The molecule has 0 aromatic carbocycles. The summed E-state index contributed by atoms with van der Waals surface area (Å²) in [6.45, 7) is 2.00. The summed E-state index contributed by atoms with van der Waals surface area (Å²) < 4.78 is 1.71. The second-order valence-electron chi connectivity index (χ2n) is 2.66. The van der Waals surface area contributed by atoms with Crippen LogP contribution in [0.3, 0.4) is 0 Å². The van der Waals surface area contributed by atoms with E-state index in [0.29, 0.717) is 5.96 Å². The molecule has 1 atom stereocenters. The van der Waals surface area contributed by atoms with Crippen molar-refractivity contribution in [3.05, 3.63) is 12.2 Å². The van der Waals surface area contributed by atoms with Crippen LogP contribution in [-0.4, -0.2) is 26.8 Å². The van der Waals surface area contributed by atoms with Crippen molar-refractivity contribution in [3.63, 3.8) is 0 Å². The Balaban J connectivity index is 2.50. The Morgan fingerprint density at radius 3 is 3.36 bits per heavy atom. The molecular formula is C6H9N5. The van der Waals surface area contributed by atoms with E-state index in [4.69, 9.17) is 5.73 Å². The molecule has 0 radical (unpaired) electrons. The van der Waals surface area contributed by atoms with Crippen LogP contribution in [-0.2, 0) is 6.42 Å². The van der Waals surface area contributed by atoms with E-state index >= 15 is 0 Å². The summed E-state index contributed by atoms with van der Waals surface area (Å²) in [5, 5.41) is 7.65. The maximum absolute atomic E-state index is 5.61. The zero-order chi connectivity index (χ0) is 7.84. The number of fused-ring (bicyclic) bond motifs is 1. The fourth-order valence-electron chi connectivity index (χ4n) is 1.19. The fraction of sp³-hybridized carbons (Fsp3) is 0.500. The van der Waals surface area contributed by atoms with Gasteiger partial charge in [-0.1, -0.05) is 0 Å². The first-order valence-corrected chi connectivity index (χ1v) is 3.50. The van der Waals surface area contributed by atoms with Crippen molar-refractivity contribution in [3.8, 4) is 0 Å². The first-order chi connectivity index (χ1) is 5.27. The summed E-state index contributed by atoms with van der Waals surface area (Å²) in [5.41, 5.74) is 5.61. The van der Waals surface area contributed by atoms with Crippen molar-refractivity contribution in [1.29, 1.82) is 0 Å². The van der Waals surface area contributed by atoms with Crippen LogP contribution >= 0.6 is 0 Å². The maximum Gasteiger partial charge on any atom is 0.202 e. The number of hydrogen-bond acceptors (Lipinski definition) is 4. The third kappa shape index (κ3) is 0.886. The number of rotatable bonds is 0.